The molecule has 0 spiro atoms. The highest BCUT2D eigenvalue weighted by molar-refractivity contribution is 6.05. The molecule has 4 rings (SSSR count). The van der Waals surface area contributed by atoms with Crippen molar-refractivity contribution < 1.29 is 18.0 Å². The predicted octanol–water partition coefficient (Wildman–Crippen LogP) is 3.58. The van der Waals surface area contributed by atoms with E-state index in [1.54, 1.807) is 17.8 Å². The Morgan fingerprint density at radius 1 is 1.22 bits per heavy atom. The van der Waals surface area contributed by atoms with Gasteiger partial charge in [-0.2, -0.15) is 18.3 Å². The average Bonchev–Trinajstić information content (AvgIpc) is 3.19. The molecule has 0 radical (unpaired) electrons. The number of carbonyl (C=O) groups excluding carboxylic acids is 1. The van der Waals surface area contributed by atoms with Crippen LogP contribution in [-0.4, -0.2) is 64.5 Å². The van der Waals surface area contributed by atoms with Crippen molar-refractivity contribution in [3.63, 3.8) is 0 Å². The van der Waals surface area contributed by atoms with E-state index in [0.29, 0.717) is 37.1 Å². The van der Waals surface area contributed by atoms with Crippen LogP contribution in [0.1, 0.15) is 45.6 Å². The third kappa shape index (κ3) is 5.66. The van der Waals surface area contributed by atoms with Crippen LogP contribution < -0.4 is 15.8 Å². The maximum absolute atomic E-state index is 13.3. The van der Waals surface area contributed by atoms with E-state index in [1.807, 2.05) is 40.1 Å². The summed E-state index contributed by atoms with van der Waals surface area (Å²) in [5.41, 5.74) is 4.68. The maximum atomic E-state index is 13.3. The smallest absolute Gasteiger partial charge is 0.371 e. The molecule has 0 aliphatic carbocycles. The molecule has 1 saturated heterocycles. The number of carbonyl (C=O) groups is 1. The van der Waals surface area contributed by atoms with Crippen LogP contribution in [0.15, 0.2) is 23.1 Å². The topological polar surface area (TPSA) is 86.3 Å². The number of rotatable bonds is 6. The summed E-state index contributed by atoms with van der Waals surface area (Å²) in [7, 11) is 3.73. The summed E-state index contributed by atoms with van der Waals surface area (Å²) >= 11 is 0. The van der Waals surface area contributed by atoms with Gasteiger partial charge < -0.3 is 15.2 Å². The summed E-state index contributed by atoms with van der Waals surface area (Å²) in [5, 5.41) is 8.17. The van der Waals surface area contributed by atoms with Crippen molar-refractivity contribution in [3.8, 4) is 0 Å². The van der Waals surface area contributed by atoms with Crippen molar-refractivity contribution in [1.29, 1.82) is 0 Å². The van der Waals surface area contributed by atoms with Crippen LogP contribution in [-0.2, 0) is 13.6 Å². The van der Waals surface area contributed by atoms with Gasteiger partial charge in [0.15, 0.2) is 0 Å². The Bertz CT molecular complexity index is 1370. The summed E-state index contributed by atoms with van der Waals surface area (Å²) in [6.45, 7) is 5.41. The number of aryl methyl sites for hydroxylation is 4. The average molecular weight is 519 g/mol. The first-order chi connectivity index (χ1) is 17.4. The van der Waals surface area contributed by atoms with Gasteiger partial charge in [-0.05, 0) is 56.9 Å². The van der Waals surface area contributed by atoms with Crippen molar-refractivity contribution in [2.45, 2.75) is 52.4 Å². The van der Waals surface area contributed by atoms with E-state index in [9.17, 15) is 22.8 Å². The van der Waals surface area contributed by atoms with Gasteiger partial charge in [0.1, 0.15) is 0 Å². The Morgan fingerprint density at radius 3 is 2.51 bits per heavy atom. The predicted molar refractivity (Wildman–Crippen MR) is 137 cm³/mol. The second kappa shape index (κ2) is 10.2. The zero-order chi connectivity index (χ0) is 27.1. The third-order valence-corrected chi connectivity index (χ3v) is 7.31. The first-order valence-electron chi connectivity index (χ1n) is 12.3. The van der Waals surface area contributed by atoms with Crippen LogP contribution in [0.3, 0.4) is 0 Å². The fraction of sp³-hybridized carbons (Fsp3) is 0.500. The van der Waals surface area contributed by atoms with Crippen LogP contribution >= 0.6 is 0 Å². The molecule has 0 saturated carbocycles. The Hall–Kier alpha value is -3.34. The number of aromatic amines is 1. The van der Waals surface area contributed by atoms with Gasteiger partial charge in [-0.3, -0.25) is 19.2 Å². The van der Waals surface area contributed by atoms with Crippen molar-refractivity contribution >= 4 is 22.5 Å². The number of anilines is 1. The second-order valence-corrected chi connectivity index (χ2v) is 9.96. The number of nitrogens with zero attached hydrogens (tertiary/aromatic N) is 4. The van der Waals surface area contributed by atoms with Gasteiger partial charge in [-0.15, -0.1) is 0 Å². The monoisotopic (exact) mass is 518 g/mol. The van der Waals surface area contributed by atoms with E-state index in [1.165, 1.54) is 4.90 Å². The maximum Gasteiger partial charge on any atom is 0.401 e. The van der Waals surface area contributed by atoms with Crippen molar-refractivity contribution in [2.24, 2.45) is 7.05 Å². The molecule has 37 heavy (non-hydrogen) atoms. The molecule has 8 nitrogen and oxygen atoms in total. The minimum Gasteiger partial charge on any atom is -0.371 e. The van der Waals surface area contributed by atoms with E-state index in [0.717, 1.165) is 33.4 Å². The van der Waals surface area contributed by atoms with E-state index in [-0.39, 0.29) is 24.1 Å². The second-order valence-electron chi connectivity index (χ2n) is 9.96. The summed E-state index contributed by atoms with van der Waals surface area (Å²) in [4.78, 5) is 32.0. The van der Waals surface area contributed by atoms with Crippen molar-refractivity contribution in [1.82, 2.24) is 25.0 Å². The molecule has 1 amide bonds. The lowest BCUT2D eigenvalue weighted by Crippen LogP contribution is -2.46. The lowest BCUT2D eigenvalue weighted by atomic mass is 9.98. The van der Waals surface area contributed by atoms with Crippen LogP contribution in [0, 0.1) is 20.8 Å². The molecule has 1 aromatic carbocycles. The summed E-state index contributed by atoms with van der Waals surface area (Å²) in [6.07, 6.45) is -1.29. The van der Waals surface area contributed by atoms with Crippen LogP contribution in [0.5, 0.6) is 0 Å². The van der Waals surface area contributed by atoms with E-state index < -0.39 is 12.7 Å². The van der Waals surface area contributed by atoms with E-state index in [2.05, 4.69) is 20.3 Å². The fourth-order valence-electron chi connectivity index (χ4n) is 5.33. The van der Waals surface area contributed by atoms with Gasteiger partial charge in [-0.25, -0.2) is 0 Å². The number of hydrogen-bond donors (Lipinski definition) is 2. The van der Waals surface area contributed by atoms with Gasteiger partial charge in [0.05, 0.1) is 18.3 Å². The van der Waals surface area contributed by atoms with E-state index in [4.69, 9.17) is 0 Å². The molecule has 1 fully saturated rings. The number of nitrogens with one attached hydrogen (secondary N) is 2. The number of fused-ring (bicyclic) bond motifs is 1. The standard InChI is InChI=1S/C26H33F3N6O2/c1-15-10-16(2)32-25(37)20(15)12-30-24(36)19-11-22(21-13-31-34(5)23(21)17(19)3)33(4)18-6-8-35(9-7-18)14-26(27,28)29/h10-11,13,18H,6-9,12,14H2,1-5H3,(H,30,36)(H,32,37). The number of halogens is 3. The summed E-state index contributed by atoms with van der Waals surface area (Å²) < 4.78 is 40.2. The largest absolute Gasteiger partial charge is 0.401 e. The highest BCUT2D eigenvalue weighted by atomic mass is 19.4. The van der Waals surface area contributed by atoms with Crippen LogP contribution in [0.2, 0.25) is 0 Å². The molecule has 0 atom stereocenters. The molecule has 0 bridgehead atoms. The molecule has 1 aliphatic heterocycles. The molecular weight excluding hydrogens is 485 g/mol. The Balaban J connectivity index is 1.60. The Kier molecular flexibility index (Phi) is 7.36. The minimum atomic E-state index is -4.21. The zero-order valence-electron chi connectivity index (χ0n) is 21.8. The molecule has 0 unspecified atom stereocenters. The van der Waals surface area contributed by atoms with Gasteiger partial charge in [0.2, 0.25) is 0 Å². The van der Waals surface area contributed by atoms with Crippen LogP contribution in [0.25, 0.3) is 10.9 Å². The van der Waals surface area contributed by atoms with Gasteiger partial charge in [0, 0.05) is 67.7 Å². The quantitative estimate of drug-likeness (QED) is 0.521. The highest BCUT2D eigenvalue weighted by Gasteiger charge is 2.33. The van der Waals surface area contributed by atoms with Gasteiger partial charge in [0.25, 0.3) is 11.5 Å². The fourth-order valence-corrected chi connectivity index (χ4v) is 5.33. The van der Waals surface area contributed by atoms with E-state index >= 15 is 0 Å². The Labute approximate surface area is 213 Å². The zero-order valence-corrected chi connectivity index (χ0v) is 21.8. The molecule has 1 aliphatic rings. The molecule has 3 aromatic rings. The Morgan fingerprint density at radius 2 is 1.89 bits per heavy atom. The van der Waals surface area contributed by atoms with Crippen LogP contribution in [0.4, 0.5) is 18.9 Å². The number of aromatic nitrogens is 3. The molecular formula is C26H33F3N6O2. The number of piperidine rings is 1. The lowest BCUT2D eigenvalue weighted by Gasteiger charge is -2.38. The summed E-state index contributed by atoms with van der Waals surface area (Å²) in [5.74, 6) is -0.311. The highest BCUT2D eigenvalue weighted by Crippen LogP contribution is 2.34. The number of benzene rings is 1. The van der Waals surface area contributed by atoms with Gasteiger partial charge in [-0.1, -0.05) is 0 Å². The van der Waals surface area contributed by atoms with Crippen molar-refractivity contribution in [3.05, 3.63) is 56.6 Å². The first kappa shape index (κ1) is 26.7. The summed E-state index contributed by atoms with van der Waals surface area (Å²) in [6, 6.07) is 3.71. The van der Waals surface area contributed by atoms with Crippen molar-refractivity contribution in [2.75, 3.05) is 31.6 Å². The number of likely N-dealkylation sites (tertiary alicyclic amines) is 1. The first-order valence-corrected chi connectivity index (χ1v) is 12.3. The molecule has 2 N–H and O–H groups in total. The number of alkyl halides is 3. The molecule has 3 heterocycles. The number of hydrogen-bond acceptors (Lipinski definition) is 5. The number of pyridine rings is 1. The molecule has 11 heteroatoms. The molecule has 2 aromatic heterocycles. The number of H-pyrrole nitrogens is 1. The normalized spacial score (nSPS) is 15.4. The van der Waals surface area contributed by atoms with Gasteiger partial charge >= 0.3 is 6.18 Å². The third-order valence-electron chi connectivity index (χ3n) is 7.31. The minimum absolute atomic E-state index is 0.0280. The number of amides is 1. The lowest BCUT2D eigenvalue weighted by molar-refractivity contribution is -0.147. The molecule has 200 valence electrons. The SMILES string of the molecule is Cc1cc(C)c(CNC(=O)c2cc(N(C)C3CCN(CC(F)(F)F)CC3)c3cnn(C)c3c2C)c(=O)[nH]1.